The number of halogens is 1. The van der Waals surface area contributed by atoms with Crippen molar-refractivity contribution in [2.45, 2.75) is 38.1 Å². The number of amides is 1. The monoisotopic (exact) mass is 309 g/mol. The fourth-order valence-electron chi connectivity index (χ4n) is 2.67. The molecule has 0 heterocycles. The molecule has 1 aliphatic rings. The first-order chi connectivity index (χ1) is 10.1. The van der Waals surface area contributed by atoms with Gasteiger partial charge in [-0.05, 0) is 30.5 Å². The summed E-state index contributed by atoms with van der Waals surface area (Å²) in [5.74, 6) is -0.254. The quantitative estimate of drug-likeness (QED) is 0.849. The van der Waals surface area contributed by atoms with Crippen LogP contribution in [0.15, 0.2) is 24.3 Å². The minimum atomic E-state index is -0.372. The van der Waals surface area contributed by atoms with E-state index < -0.39 is 0 Å². The van der Waals surface area contributed by atoms with Gasteiger partial charge in [-0.25, -0.2) is 0 Å². The Balaban J connectivity index is 2.09. The van der Waals surface area contributed by atoms with Gasteiger partial charge in [0.25, 0.3) is 0 Å². The van der Waals surface area contributed by atoms with Crippen LogP contribution in [-0.2, 0) is 14.3 Å². The van der Waals surface area contributed by atoms with Crippen LogP contribution in [0.5, 0.6) is 0 Å². The Bertz CT molecular complexity index is 495. The van der Waals surface area contributed by atoms with E-state index in [0.29, 0.717) is 5.02 Å². The van der Waals surface area contributed by atoms with E-state index >= 15 is 0 Å². The normalized spacial score (nSPS) is 16.5. The van der Waals surface area contributed by atoms with Crippen LogP contribution in [0.2, 0.25) is 5.02 Å². The minimum absolute atomic E-state index is 0.0244. The van der Waals surface area contributed by atoms with E-state index in [1.807, 2.05) is 12.1 Å². The van der Waals surface area contributed by atoms with Gasteiger partial charge in [0.2, 0.25) is 5.91 Å². The van der Waals surface area contributed by atoms with Crippen molar-refractivity contribution >= 4 is 23.5 Å². The van der Waals surface area contributed by atoms with Gasteiger partial charge in [-0.1, -0.05) is 36.6 Å². The second kappa shape index (κ2) is 7.46. The molecule has 21 heavy (non-hydrogen) atoms. The maximum atomic E-state index is 12.3. The number of methoxy groups -OCH3 is 1. The third-order valence-corrected chi connectivity index (χ3v) is 4.17. The third-order valence-electron chi connectivity index (χ3n) is 3.91. The number of rotatable bonds is 5. The summed E-state index contributed by atoms with van der Waals surface area (Å²) >= 11 is 5.88. The largest absolute Gasteiger partial charge is 0.469 e. The number of carbonyl (C=O) groups is 2. The van der Waals surface area contributed by atoms with Crippen molar-refractivity contribution in [2.75, 3.05) is 7.11 Å². The predicted molar refractivity (Wildman–Crippen MR) is 80.9 cm³/mol. The van der Waals surface area contributed by atoms with Gasteiger partial charge in [0.15, 0.2) is 0 Å². The van der Waals surface area contributed by atoms with Gasteiger partial charge in [-0.2, -0.15) is 0 Å². The molecule has 2 rings (SSSR count). The molecule has 1 atom stereocenters. The molecule has 0 spiro atoms. The van der Waals surface area contributed by atoms with Crippen molar-refractivity contribution in [3.8, 4) is 0 Å². The zero-order valence-corrected chi connectivity index (χ0v) is 12.9. The molecule has 4 nitrogen and oxygen atoms in total. The maximum absolute atomic E-state index is 12.3. The van der Waals surface area contributed by atoms with Crippen molar-refractivity contribution < 1.29 is 14.3 Å². The van der Waals surface area contributed by atoms with E-state index in [1.54, 1.807) is 12.1 Å². The van der Waals surface area contributed by atoms with Crippen molar-refractivity contribution in [2.24, 2.45) is 5.92 Å². The molecule has 1 aromatic rings. The molecule has 0 saturated heterocycles. The molecule has 0 radical (unpaired) electrons. The fourth-order valence-corrected chi connectivity index (χ4v) is 2.80. The molecular weight excluding hydrogens is 290 g/mol. The number of benzene rings is 1. The molecule has 0 bridgehead atoms. The van der Waals surface area contributed by atoms with E-state index in [0.717, 1.165) is 31.2 Å². The first kappa shape index (κ1) is 15.8. The summed E-state index contributed by atoms with van der Waals surface area (Å²) in [4.78, 5) is 23.8. The molecule has 0 aromatic heterocycles. The highest BCUT2D eigenvalue weighted by molar-refractivity contribution is 6.30. The van der Waals surface area contributed by atoms with E-state index in [4.69, 9.17) is 16.3 Å². The molecule has 1 N–H and O–H groups in total. The fraction of sp³-hybridized carbons (Fsp3) is 0.500. The van der Waals surface area contributed by atoms with Gasteiger partial charge in [-0.3, -0.25) is 9.59 Å². The molecule has 1 amide bonds. The number of ether oxygens (including phenoxy) is 1. The molecular formula is C16H20ClNO3. The first-order valence-electron chi connectivity index (χ1n) is 7.23. The van der Waals surface area contributed by atoms with Crippen LogP contribution in [0, 0.1) is 5.92 Å². The standard InChI is InChI=1S/C16H20ClNO3/c1-21-15(19)10-14(11-6-8-13(17)9-7-11)18-16(20)12-4-2-3-5-12/h6-9,12,14H,2-5,10H2,1H3,(H,18,20)/t14-/m0/s1. The molecule has 0 aliphatic heterocycles. The summed E-state index contributed by atoms with van der Waals surface area (Å²) in [6.45, 7) is 0. The number of nitrogens with one attached hydrogen (secondary N) is 1. The zero-order chi connectivity index (χ0) is 15.2. The smallest absolute Gasteiger partial charge is 0.307 e. The zero-order valence-electron chi connectivity index (χ0n) is 12.1. The Hall–Kier alpha value is -1.55. The van der Waals surface area contributed by atoms with Crippen LogP contribution in [-0.4, -0.2) is 19.0 Å². The van der Waals surface area contributed by atoms with Gasteiger partial charge in [-0.15, -0.1) is 0 Å². The molecule has 1 fully saturated rings. The Morgan fingerprint density at radius 3 is 2.48 bits per heavy atom. The Morgan fingerprint density at radius 1 is 1.29 bits per heavy atom. The van der Waals surface area contributed by atoms with E-state index in [9.17, 15) is 9.59 Å². The van der Waals surface area contributed by atoms with Crippen LogP contribution in [0.1, 0.15) is 43.7 Å². The van der Waals surface area contributed by atoms with Gasteiger partial charge >= 0.3 is 5.97 Å². The number of hydrogen-bond acceptors (Lipinski definition) is 3. The van der Waals surface area contributed by atoms with E-state index in [1.165, 1.54) is 7.11 Å². The van der Waals surface area contributed by atoms with Crippen LogP contribution in [0.3, 0.4) is 0 Å². The molecule has 1 aromatic carbocycles. The SMILES string of the molecule is COC(=O)C[C@H](NC(=O)C1CCCC1)c1ccc(Cl)cc1. The van der Waals surface area contributed by atoms with Crippen LogP contribution >= 0.6 is 11.6 Å². The molecule has 1 saturated carbocycles. The van der Waals surface area contributed by atoms with E-state index in [2.05, 4.69) is 5.32 Å². The highest BCUT2D eigenvalue weighted by atomic mass is 35.5. The van der Waals surface area contributed by atoms with Crippen molar-refractivity contribution in [3.63, 3.8) is 0 Å². The summed E-state index contributed by atoms with van der Waals surface area (Å²) in [6.07, 6.45) is 4.17. The Morgan fingerprint density at radius 2 is 1.90 bits per heavy atom. The van der Waals surface area contributed by atoms with Crippen LogP contribution in [0.25, 0.3) is 0 Å². The summed E-state index contributed by atoms with van der Waals surface area (Å²) in [7, 11) is 1.35. The van der Waals surface area contributed by atoms with E-state index in [-0.39, 0.29) is 30.3 Å². The Kier molecular flexibility index (Phi) is 5.62. The first-order valence-corrected chi connectivity index (χ1v) is 7.60. The number of carbonyl (C=O) groups excluding carboxylic acids is 2. The highest BCUT2D eigenvalue weighted by Crippen LogP contribution is 2.27. The Labute approximate surface area is 129 Å². The lowest BCUT2D eigenvalue weighted by atomic mass is 10.0. The van der Waals surface area contributed by atoms with Gasteiger partial charge in [0.1, 0.15) is 0 Å². The van der Waals surface area contributed by atoms with Crippen molar-refractivity contribution in [1.29, 1.82) is 0 Å². The number of esters is 1. The topological polar surface area (TPSA) is 55.4 Å². The summed E-state index contributed by atoms with van der Waals surface area (Å²) in [6, 6.07) is 6.78. The van der Waals surface area contributed by atoms with Crippen LogP contribution in [0.4, 0.5) is 0 Å². The van der Waals surface area contributed by atoms with Gasteiger partial charge in [0, 0.05) is 10.9 Å². The second-order valence-corrected chi connectivity index (χ2v) is 5.81. The lowest BCUT2D eigenvalue weighted by molar-refractivity contribution is -0.141. The lowest BCUT2D eigenvalue weighted by Gasteiger charge is -2.20. The second-order valence-electron chi connectivity index (χ2n) is 5.37. The lowest BCUT2D eigenvalue weighted by Crippen LogP contribution is -2.34. The minimum Gasteiger partial charge on any atom is -0.469 e. The van der Waals surface area contributed by atoms with Gasteiger partial charge in [0.05, 0.1) is 19.6 Å². The molecule has 5 heteroatoms. The van der Waals surface area contributed by atoms with Crippen LogP contribution < -0.4 is 5.32 Å². The van der Waals surface area contributed by atoms with Crippen molar-refractivity contribution in [1.82, 2.24) is 5.32 Å². The average molecular weight is 310 g/mol. The number of hydrogen-bond donors (Lipinski definition) is 1. The third kappa shape index (κ3) is 4.46. The predicted octanol–water partition coefficient (Wildman–Crippen LogP) is 3.25. The van der Waals surface area contributed by atoms with Crippen molar-refractivity contribution in [3.05, 3.63) is 34.9 Å². The molecule has 0 unspecified atom stereocenters. The highest BCUT2D eigenvalue weighted by Gasteiger charge is 2.26. The molecule has 114 valence electrons. The average Bonchev–Trinajstić information content (AvgIpc) is 3.01. The van der Waals surface area contributed by atoms with Gasteiger partial charge < -0.3 is 10.1 Å². The molecule has 1 aliphatic carbocycles. The maximum Gasteiger partial charge on any atom is 0.307 e. The summed E-state index contributed by atoms with van der Waals surface area (Å²) in [5, 5.41) is 3.60. The summed E-state index contributed by atoms with van der Waals surface area (Å²) < 4.78 is 4.72. The summed E-state index contributed by atoms with van der Waals surface area (Å²) in [5.41, 5.74) is 0.858.